The van der Waals surface area contributed by atoms with E-state index >= 15 is 0 Å². The fourth-order valence-electron chi connectivity index (χ4n) is 2.39. The summed E-state index contributed by atoms with van der Waals surface area (Å²) in [6.07, 6.45) is 0. The van der Waals surface area contributed by atoms with Crippen LogP contribution in [0.4, 0.5) is 11.4 Å². The predicted octanol–water partition coefficient (Wildman–Crippen LogP) is 2.50. The molecule has 2 N–H and O–H groups in total. The zero-order valence-corrected chi connectivity index (χ0v) is 11.3. The van der Waals surface area contributed by atoms with Gasteiger partial charge >= 0.3 is 0 Å². The Labute approximate surface area is 117 Å². The van der Waals surface area contributed by atoms with Gasteiger partial charge in [-0.1, -0.05) is 29.8 Å². The Morgan fingerprint density at radius 1 is 1.25 bits per heavy atom. The van der Waals surface area contributed by atoms with E-state index in [-0.39, 0.29) is 12.5 Å². The molecule has 4 heteroatoms. The van der Waals surface area contributed by atoms with Crippen LogP contribution in [-0.2, 0) is 11.3 Å². The van der Waals surface area contributed by atoms with Crippen LogP contribution in [0.5, 0.6) is 5.75 Å². The minimum absolute atomic E-state index is 0.0513. The van der Waals surface area contributed by atoms with Crippen LogP contribution in [0.15, 0.2) is 42.5 Å². The quantitative estimate of drug-likeness (QED) is 0.851. The van der Waals surface area contributed by atoms with Gasteiger partial charge in [-0.25, -0.2) is 0 Å². The molecule has 1 heterocycles. The molecule has 4 nitrogen and oxygen atoms in total. The minimum atomic E-state index is -0.0513. The van der Waals surface area contributed by atoms with E-state index in [9.17, 15) is 4.79 Å². The zero-order valence-electron chi connectivity index (χ0n) is 11.3. The number of benzene rings is 2. The van der Waals surface area contributed by atoms with Crippen molar-refractivity contribution >= 4 is 17.3 Å². The molecular formula is C16H16N2O2. The number of nitrogen functional groups attached to an aromatic ring is 1. The van der Waals surface area contributed by atoms with E-state index in [0.29, 0.717) is 18.0 Å². The standard InChI is InChI=1S/C16H16N2O2/c1-11-3-2-4-12(7-11)9-18-14-8-13(17)5-6-15(14)20-10-16(18)19/h2-8H,9-10,17H2,1H3. The van der Waals surface area contributed by atoms with Crippen molar-refractivity contribution in [3.8, 4) is 5.75 Å². The molecule has 2 aromatic carbocycles. The first-order valence-corrected chi connectivity index (χ1v) is 6.52. The Kier molecular flexibility index (Phi) is 3.06. The Hall–Kier alpha value is -2.49. The predicted molar refractivity (Wildman–Crippen MR) is 78.7 cm³/mol. The van der Waals surface area contributed by atoms with Crippen molar-refractivity contribution in [1.29, 1.82) is 0 Å². The van der Waals surface area contributed by atoms with Crippen LogP contribution in [0.3, 0.4) is 0 Å². The smallest absolute Gasteiger partial charge is 0.265 e. The second kappa shape index (κ2) is 4.89. The lowest BCUT2D eigenvalue weighted by Crippen LogP contribution is -2.38. The number of carbonyl (C=O) groups excluding carboxylic acids is 1. The van der Waals surface area contributed by atoms with Crippen LogP contribution in [0, 0.1) is 6.92 Å². The van der Waals surface area contributed by atoms with Gasteiger partial charge < -0.3 is 15.4 Å². The van der Waals surface area contributed by atoms with Crippen molar-refractivity contribution in [3.63, 3.8) is 0 Å². The number of fused-ring (bicyclic) bond motifs is 1. The molecule has 0 bridgehead atoms. The SMILES string of the molecule is Cc1cccc(CN2C(=O)COc3ccc(N)cc32)c1. The Morgan fingerprint density at radius 3 is 2.90 bits per heavy atom. The fourth-order valence-corrected chi connectivity index (χ4v) is 2.39. The summed E-state index contributed by atoms with van der Waals surface area (Å²) in [4.78, 5) is 13.8. The topological polar surface area (TPSA) is 55.6 Å². The van der Waals surface area contributed by atoms with Gasteiger partial charge in [0.05, 0.1) is 12.2 Å². The van der Waals surface area contributed by atoms with Crippen LogP contribution in [0.2, 0.25) is 0 Å². The normalized spacial score (nSPS) is 13.8. The molecule has 1 amide bonds. The third kappa shape index (κ3) is 2.32. The van der Waals surface area contributed by atoms with E-state index in [4.69, 9.17) is 10.5 Å². The number of nitrogens with two attached hydrogens (primary N) is 1. The van der Waals surface area contributed by atoms with Crippen molar-refractivity contribution in [3.05, 3.63) is 53.6 Å². The summed E-state index contributed by atoms with van der Waals surface area (Å²) in [5.74, 6) is 0.649. The number of amides is 1. The van der Waals surface area contributed by atoms with Gasteiger partial charge in [0, 0.05) is 5.69 Å². The molecule has 102 valence electrons. The number of nitrogens with zero attached hydrogens (tertiary/aromatic N) is 1. The third-order valence-corrected chi connectivity index (χ3v) is 3.35. The number of rotatable bonds is 2. The van der Waals surface area contributed by atoms with E-state index < -0.39 is 0 Å². The van der Waals surface area contributed by atoms with Crippen molar-refractivity contribution < 1.29 is 9.53 Å². The van der Waals surface area contributed by atoms with E-state index in [0.717, 1.165) is 11.3 Å². The summed E-state index contributed by atoms with van der Waals surface area (Å²) in [6.45, 7) is 2.64. The van der Waals surface area contributed by atoms with Gasteiger partial charge in [0.1, 0.15) is 5.75 Å². The summed E-state index contributed by atoms with van der Waals surface area (Å²) in [5, 5.41) is 0. The van der Waals surface area contributed by atoms with Crippen LogP contribution >= 0.6 is 0 Å². The molecule has 20 heavy (non-hydrogen) atoms. The Morgan fingerprint density at radius 2 is 2.10 bits per heavy atom. The monoisotopic (exact) mass is 268 g/mol. The first kappa shape index (κ1) is 12.5. The van der Waals surface area contributed by atoms with Crippen molar-refractivity contribution in [2.75, 3.05) is 17.2 Å². The number of hydrogen-bond acceptors (Lipinski definition) is 3. The van der Waals surface area contributed by atoms with Gasteiger partial charge in [-0.3, -0.25) is 4.79 Å². The lowest BCUT2D eigenvalue weighted by Gasteiger charge is -2.29. The lowest BCUT2D eigenvalue weighted by atomic mass is 10.1. The number of ether oxygens (including phenoxy) is 1. The molecule has 0 aliphatic carbocycles. The highest BCUT2D eigenvalue weighted by molar-refractivity contribution is 5.98. The second-order valence-electron chi connectivity index (χ2n) is 4.98. The summed E-state index contributed by atoms with van der Waals surface area (Å²) >= 11 is 0. The van der Waals surface area contributed by atoms with Gasteiger partial charge in [-0.15, -0.1) is 0 Å². The van der Waals surface area contributed by atoms with Gasteiger partial charge in [0.25, 0.3) is 5.91 Å². The third-order valence-electron chi connectivity index (χ3n) is 3.35. The van der Waals surface area contributed by atoms with E-state index in [1.165, 1.54) is 5.56 Å². The molecule has 0 unspecified atom stereocenters. The second-order valence-corrected chi connectivity index (χ2v) is 4.98. The molecule has 3 rings (SSSR count). The summed E-state index contributed by atoms with van der Waals surface area (Å²) in [6, 6.07) is 13.5. The molecule has 1 aliphatic rings. The fraction of sp³-hybridized carbons (Fsp3) is 0.188. The van der Waals surface area contributed by atoms with E-state index in [2.05, 4.69) is 6.07 Å². The molecule has 1 aliphatic heterocycles. The minimum Gasteiger partial charge on any atom is -0.482 e. The van der Waals surface area contributed by atoms with Crippen molar-refractivity contribution in [1.82, 2.24) is 0 Å². The van der Waals surface area contributed by atoms with Crippen LogP contribution in [-0.4, -0.2) is 12.5 Å². The largest absolute Gasteiger partial charge is 0.482 e. The number of carbonyl (C=O) groups is 1. The molecule has 2 aromatic rings. The molecule has 0 saturated heterocycles. The molecule has 0 saturated carbocycles. The summed E-state index contributed by atoms with van der Waals surface area (Å²) < 4.78 is 5.44. The first-order valence-electron chi connectivity index (χ1n) is 6.52. The maximum atomic E-state index is 12.1. The molecule has 0 radical (unpaired) electrons. The maximum Gasteiger partial charge on any atom is 0.265 e. The lowest BCUT2D eigenvalue weighted by molar-refractivity contribution is -0.121. The van der Waals surface area contributed by atoms with Gasteiger partial charge in [-0.05, 0) is 30.7 Å². The highest BCUT2D eigenvalue weighted by atomic mass is 16.5. The Bertz CT molecular complexity index is 667. The van der Waals surface area contributed by atoms with E-state index in [1.807, 2.05) is 25.1 Å². The van der Waals surface area contributed by atoms with Crippen LogP contribution in [0.25, 0.3) is 0 Å². The first-order chi connectivity index (χ1) is 9.63. The molecule has 0 spiro atoms. The summed E-state index contributed by atoms with van der Waals surface area (Å²) in [5.41, 5.74) is 9.44. The van der Waals surface area contributed by atoms with E-state index in [1.54, 1.807) is 23.1 Å². The van der Waals surface area contributed by atoms with Gasteiger partial charge in [0.2, 0.25) is 0 Å². The average molecular weight is 268 g/mol. The van der Waals surface area contributed by atoms with Crippen molar-refractivity contribution in [2.24, 2.45) is 0 Å². The average Bonchev–Trinajstić information content (AvgIpc) is 2.42. The number of hydrogen-bond donors (Lipinski definition) is 1. The van der Waals surface area contributed by atoms with Crippen LogP contribution < -0.4 is 15.4 Å². The Balaban J connectivity index is 1.97. The van der Waals surface area contributed by atoms with Gasteiger partial charge in [0.15, 0.2) is 6.61 Å². The van der Waals surface area contributed by atoms with Crippen LogP contribution in [0.1, 0.15) is 11.1 Å². The number of aryl methyl sites for hydroxylation is 1. The van der Waals surface area contributed by atoms with Gasteiger partial charge in [-0.2, -0.15) is 0 Å². The zero-order chi connectivity index (χ0) is 14.1. The highest BCUT2D eigenvalue weighted by Crippen LogP contribution is 2.34. The highest BCUT2D eigenvalue weighted by Gasteiger charge is 2.25. The molecule has 0 fully saturated rings. The maximum absolute atomic E-state index is 12.1. The molecule has 0 atom stereocenters. The molecular weight excluding hydrogens is 252 g/mol. The molecule has 0 aromatic heterocycles. The van der Waals surface area contributed by atoms with Crippen molar-refractivity contribution in [2.45, 2.75) is 13.5 Å². The summed E-state index contributed by atoms with van der Waals surface area (Å²) in [7, 11) is 0. The number of anilines is 2.